The number of carbonyl (C=O) groups is 2. The van der Waals surface area contributed by atoms with Crippen LogP contribution < -0.4 is 0 Å². The summed E-state index contributed by atoms with van der Waals surface area (Å²) in [4.78, 5) is 28.2. The minimum Gasteiger partial charge on any atom is -0.480 e. The third-order valence-corrected chi connectivity index (χ3v) is 2.93. The fourth-order valence-electron chi connectivity index (χ4n) is 2.06. The predicted octanol–water partition coefficient (Wildman–Crippen LogP) is 1.05. The summed E-state index contributed by atoms with van der Waals surface area (Å²) in [5.41, 5.74) is 0.856. The number of hydrogen-bond donors (Lipinski definition) is 1. The Morgan fingerprint density at radius 1 is 1.59 bits per heavy atom. The van der Waals surface area contributed by atoms with Gasteiger partial charge in [-0.1, -0.05) is 6.07 Å². The first-order valence-electron chi connectivity index (χ1n) is 5.59. The third kappa shape index (κ3) is 2.61. The van der Waals surface area contributed by atoms with E-state index in [9.17, 15) is 9.59 Å². The Labute approximate surface area is 99.1 Å². The minimum absolute atomic E-state index is 0.0903. The van der Waals surface area contributed by atoms with Gasteiger partial charge >= 0.3 is 5.97 Å². The molecule has 1 saturated heterocycles. The van der Waals surface area contributed by atoms with Gasteiger partial charge in [0.25, 0.3) is 0 Å². The summed E-state index contributed by atoms with van der Waals surface area (Å²) >= 11 is 0. The normalized spacial score (nSPS) is 20.4. The molecule has 0 radical (unpaired) electrons. The Kier molecular flexibility index (Phi) is 3.37. The molecule has 17 heavy (non-hydrogen) atoms. The van der Waals surface area contributed by atoms with Crippen LogP contribution in [0.25, 0.3) is 0 Å². The van der Waals surface area contributed by atoms with Crippen LogP contribution in [-0.2, 0) is 16.1 Å². The Hall–Kier alpha value is -1.91. The number of rotatable bonds is 3. The molecule has 1 N–H and O–H groups in total. The molecule has 0 aliphatic carbocycles. The van der Waals surface area contributed by atoms with Crippen LogP contribution in [0.5, 0.6) is 0 Å². The topological polar surface area (TPSA) is 70.5 Å². The van der Waals surface area contributed by atoms with Crippen LogP contribution in [0.2, 0.25) is 0 Å². The summed E-state index contributed by atoms with van der Waals surface area (Å²) in [7, 11) is 0. The van der Waals surface area contributed by atoms with E-state index in [-0.39, 0.29) is 5.91 Å². The third-order valence-electron chi connectivity index (χ3n) is 2.93. The number of piperidine rings is 1. The Morgan fingerprint density at radius 2 is 2.41 bits per heavy atom. The number of pyridine rings is 1. The number of carboxylic acid groups (broad SMARTS) is 1. The standard InChI is InChI=1S/C12H14N2O3/c15-11-5-1-4-10(12(16)17)14(11)8-9-3-2-6-13-7-9/h2-3,6-7,10H,1,4-5,8H2,(H,16,17)/t10-/m0/s1. The van der Waals surface area contributed by atoms with Crippen LogP contribution in [0.15, 0.2) is 24.5 Å². The highest BCUT2D eigenvalue weighted by molar-refractivity contribution is 5.84. The Bertz CT molecular complexity index is 419. The van der Waals surface area contributed by atoms with Crippen molar-refractivity contribution in [1.82, 2.24) is 9.88 Å². The van der Waals surface area contributed by atoms with Crippen molar-refractivity contribution in [2.24, 2.45) is 0 Å². The van der Waals surface area contributed by atoms with E-state index in [0.717, 1.165) is 5.56 Å². The highest BCUT2D eigenvalue weighted by Crippen LogP contribution is 2.20. The minimum atomic E-state index is -0.929. The number of aromatic nitrogens is 1. The maximum absolute atomic E-state index is 11.8. The monoisotopic (exact) mass is 234 g/mol. The smallest absolute Gasteiger partial charge is 0.326 e. The van der Waals surface area contributed by atoms with Crippen LogP contribution in [0.4, 0.5) is 0 Å². The average Bonchev–Trinajstić information content (AvgIpc) is 2.33. The summed E-state index contributed by atoms with van der Waals surface area (Å²) in [6.07, 6.45) is 4.92. The van der Waals surface area contributed by atoms with E-state index in [1.807, 2.05) is 6.07 Å². The SMILES string of the molecule is O=C(O)[C@@H]1CCCC(=O)N1Cc1cccnc1. The Morgan fingerprint density at radius 3 is 3.06 bits per heavy atom. The van der Waals surface area contributed by atoms with Crippen molar-refractivity contribution in [3.63, 3.8) is 0 Å². The largest absolute Gasteiger partial charge is 0.480 e. The maximum atomic E-state index is 11.8. The molecule has 5 heteroatoms. The second-order valence-electron chi connectivity index (χ2n) is 4.13. The molecule has 1 aromatic heterocycles. The van der Waals surface area contributed by atoms with Gasteiger partial charge in [0.1, 0.15) is 6.04 Å². The highest BCUT2D eigenvalue weighted by Gasteiger charge is 2.32. The second kappa shape index (κ2) is 4.95. The van der Waals surface area contributed by atoms with E-state index in [2.05, 4.69) is 4.98 Å². The number of carboxylic acids is 1. The van der Waals surface area contributed by atoms with Gasteiger partial charge in [0.2, 0.25) is 5.91 Å². The number of hydrogen-bond acceptors (Lipinski definition) is 3. The zero-order chi connectivity index (χ0) is 12.3. The zero-order valence-electron chi connectivity index (χ0n) is 9.37. The zero-order valence-corrected chi connectivity index (χ0v) is 9.37. The van der Waals surface area contributed by atoms with Gasteiger partial charge in [-0.2, -0.15) is 0 Å². The molecule has 1 amide bonds. The van der Waals surface area contributed by atoms with Crippen molar-refractivity contribution in [3.05, 3.63) is 30.1 Å². The first-order valence-corrected chi connectivity index (χ1v) is 5.59. The summed E-state index contributed by atoms with van der Waals surface area (Å²) in [5, 5.41) is 9.09. The average molecular weight is 234 g/mol. The van der Waals surface area contributed by atoms with E-state index in [1.165, 1.54) is 4.90 Å². The molecule has 0 saturated carbocycles. The van der Waals surface area contributed by atoms with Gasteiger partial charge in [-0.3, -0.25) is 9.78 Å². The first-order chi connectivity index (χ1) is 8.18. The lowest BCUT2D eigenvalue weighted by molar-refractivity contribution is -0.153. The molecular formula is C12H14N2O3. The van der Waals surface area contributed by atoms with Crippen LogP contribution in [0.3, 0.4) is 0 Å². The van der Waals surface area contributed by atoms with Gasteiger partial charge in [0, 0.05) is 25.4 Å². The van der Waals surface area contributed by atoms with Crippen molar-refractivity contribution < 1.29 is 14.7 Å². The van der Waals surface area contributed by atoms with Crippen LogP contribution >= 0.6 is 0 Å². The number of nitrogens with zero attached hydrogens (tertiary/aromatic N) is 2. The molecule has 1 aliphatic heterocycles. The molecule has 1 aromatic rings. The number of amides is 1. The van der Waals surface area contributed by atoms with Gasteiger partial charge in [-0.15, -0.1) is 0 Å². The van der Waals surface area contributed by atoms with Crippen LogP contribution in [-0.4, -0.2) is 32.9 Å². The molecule has 0 spiro atoms. The van der Waals surface area contributed by atoms with Gasteiger partial charge in [0.05, 0.1) is 0 Å². The lowest BCUT2D eigenvalue weighted by atomic mass is 10.0. The lowest BCUT2D eigenvalue weighted by Crippen LogP contribution is -2.47. The van der Waals surface area contributed by atoms with Gasteiger partial charge in [0.15, 0.2) is 0 Å². The van der Waals surface area contributed by atoms with Crippen molar-refractivity contribution >= 4 is 11.9 Å². The number of carbonyl (C=O) groups excluding carboxylic acids is 1. The second-order valence-corrected chi connectivity index (χ2v) is 4.13. The fraction of sp³-hybridized carbons (Fsp3) is 0.417. The molecule has 0 aromatic carbocycles. The molecule has 2 rings (SSSR count). The highest BCUT2D eigenvalue weighted by atomic mass is 16.4. The van der Waals surface area contributed by atoms with E-state index >= 15 is 0 Å². The fourth-order valence-corrected chi connectivity index (χ4v) is 2.06. The van der Waals surface area contributed by atoms with Crippen molar-refractivity contribution in [1.29, 1.82) is 0 Å². The number of likely N-dealkylation sites (tertiary alicyclic amines) is 1. The molecule has 90 valence electrons. The molecular weight excluding hydrogens is 220 g/mol. The molecule has 1 fully saturated rings. The summed E-state index contributed by atoms with van der Waals surface area (Å²) in [5.74, 6) is -1.02. The van der Waals surface area contributed by atoms with Gasteiger partial charge in [-0.05, 0) is 24.5 Å². The van der Waals surface area contributed by atoms with E-state index < -0.39 is 12.0 Å². The molecule has 2 heterocycles. The Balaban J connectivity index is 2.15. The van der Waals surface area contributed by atoms with Crippen LogP contribution in [0, 0.1) is 0 Å². The van der Waals surface area contributed by atoms with Gasteiger partial charge < -0.3 is 10.0 Å². The van der Waals surface area contributed by atoms with Gasteiger partial charge in [-0.25, -0.2) is 4.79 Å². The first kappa shape index (κ1) is 11.6. The summed E-state index contributed by atoms with van der Waals surface area (Å²) in [6.45, 7) is 0.323. The molecule has 1 atom stereocenters. The number of aliphatic carboxylic acids is 1. The molecule has 1 aliphatic rings. The summed E-state index contributed by atoms with van der Waals surface area (Å²) < 4.78 is 0. The quantitative estimate of drug-likeness (QED) is 0.848. The molecule has 0 bridgehead atoms. The van der Waals surface area contributed by atoms with Crippen molar-refractivity contribution in [2.75, 3.05) is 0 Å². The molecule has 5 nitrogen and oxygen atoms in total. The van der Waals surface area contributed by atoms with Crippen molar-refractivity contribution in [2.45, 2.75) is 31.8 Å². The van der Waals surface area contributed by atoms with Crippen molar-refractivity contribution in [3.8, 4) is 0 Å². The van der Waals surface area contributed by atoms with Crippen LogP contribution in [0.1, 0.15) is 24.8 Å². The predicted molar refractivity (Wildman–Crippen MR) is 60.1 cm³/mol. The van der Waals surface area contributed by atoms with E-state index in [0.29, 0.717) is 25.8 Å². The van der Waals surface area contributed by atoms with E-state index in [1.54, 1.807) is 18.5 Å². The lowest BCUT2D eigenvalue weighted by Gasteiger charge is -2.32. The summed E-state index contributed by atoms with van der Waals surface area (Å²) in [6, 6.07) is 2.92. The molecule has 0 unspecified atom stereocenters. The maximum Gasteiger partial charge on any atom is 0.326 e. The van der Waals surface area contributed by atoms with E-state index in [4.69, 9.17) is 5.11 Å².